The van der Waals surface area contributed by atoms with Crippen LogP contribution in [0.25, 0.3) is 11.1 Å². The van der Waals surface area contributed by atoms with Gasteiger partial charge in [-0.1, -0.05) is 0 Å². The predicted molar refractivity (Wildman–Crippen MR) is 39.4 cm³/mol. The molecule has 2 aromatic heterocycles. The van der Waals surface area contributed by atoms with E-state index < -0.39 is 0 Å². The first-order valence-corrected chi connectivity index (χ1v) is 3.22. The monoisotopic (exact) mass is 150 g/mol. The number of aromatic nitrogens is 2. The van der Waals surface area contributed by atoms with E-state index >= 15 is 0 Å². The fourth-order valence-corrected chi connectivity index (χ4v) is 0.981. The van der Waals surface area contributed by atoms with Gasteiger partial charge in [0, 0.05) is 13.1 Å². The van der Waals surface area contributed by atoms with Crippen LogP contribution >= 0.6 is 0 Å². The second-order valence-electron chi connectivity index (χ2n) is 2.25. The van der Waals surface area contributed by atoms with Gasteiger partial charge < -0.3 is 9.40 Å². The van der Waals surface area contributed by atoms with Crippen molar-refractivity contribution < 1.29 is 4.42 Å². The first-order chi connectivity index (χ1) is 5.27. The maximum Gasteiger partial charge on any atom is 0.293 e. The van der Waals surface area contributed by atoms with Gasteiger partial charge in [0.25, 0.3) is 5.56 Å². The van der Waals surface area contributed by atoms with Crippen molar-refractivity contribution >= 4 is 11.1 Å². The molecule has 4 nitrogen and oxygen atoms in total. The molecule has 1 N–H and O–H groups in total. The van der Waals surface area contributed by atoms with E-state index in [1.807, 2.05) is 0 Å². The first kappa shape index (κ1) is 6.15. The smallest absolute Gasteiger partial charge is 0.293 e. The molecule has 0 unspecified atom stereocenters. The minimum atomic E-state index is -0.233. The number of nitrogens with one attached hydrogen (secondary N) is 1. The lowest BCUT2D eigenvalue weighted by Gasteiger charge is -1.80. The van der Waals surface area contributed by atoms with Gasteiger partial charge in [0.1, 0.15) is 5.52 Å². The van der Waals surface area contributed by atoms with E-state index in [4.69, 9.17) is 4.42 Å². The van der Waals surface area contributed by atoms with Crippen LogP contribution in [0, 0.1) is 6.92 Å². The molecule has 0 spiro atoms. The SMILES string of the molecule is Cc1nc2cc[nH]c(=O)c2o1. The molecule has 0 atom stereocenters. The number of aryl methyl sites for hydroxylation is 1. The molecule has 4 heteroatoms. The Morgan fingerprint density at radius 2 is 2.45 bits per heavy atom. The Bertz CT molecular complexity index is 441. The minimum Gasteiger partial charge on any atom is -0.435 e. The third-order valence-corrected chi connectivity index (χ3v) is 1.42. The number of oxazole rings is 1. The molecular formula is C7H6N2O2. The third kappa shape index (κ3) is 0.832. The van der Waals surface area contributed by atoms with Gasteiger partial charge in [0.05, 0.1) is 0 Å². The second-order valence-corrected chi connectivity index (χ2v) is 2.25. The number of fused-ring (bicyclic) bond motifs is 1. The molecule has 0 aromatic carbocycles. The Balaban J connectivity index is 3.02. The highest BCUT2D eigenvalue weighted by Crippen LogP contribution is 2.07. The number of nitrogens with zero attached hydrogens (tertiary/aromatic N) is 1. The lowest BCUT2D eigenvalue weighted by atomic mass is 10.4. The quantitative estimate of drug-likeness (QED) is 0.604. The summed E-state index contributed by atoms with van der Waals surface area (Å²) in [5.74, 6) is 0.511. The number of pyridine rings is 1. The number of hydrogen-bond donors (Lipinski definition) is 1. The normalized spacial score (nSPS) is 10.6. The van der Waals surface area contributed by atoms with Crippen molar-refractivity contribution in [2.75, 3.05) is 0 Å². The van der Waals surface area contributed by atoms with Crippen LogP contribution in [0.3, 0.4) is 0 Å². The first-order valence-electron chi connectivity index (χ1n) is 3.22. The van der Waals surface area contributed by atoms with Gasteiger partial charge >= 0.3 is 0 Å². The summed E-state index contributed by atoms with van der Waals surface area (Å²) < 4.78 is 5.04. The fraction of sp³-hybridized carbons (Fsp3) is 0.143. The number of H-pyrrole nitrogens is 1. The van der Waals surface area contributed by atoms with Crippen molar-refractivity contribution in [3.63, 3.8) is 0 Å². The zero-order valence-electron chi connectivity index (χ0n) is 5.92. The number of rotatable bonds is 0. The van der Waals surface area contributed by atoms with Crippen molar-refractivity contribution in [1.29, 1.82) is 0 Å². The Morgan fingerprint density at radius 1 is 1.64 bits per heavy atom. The van der Waals surface area contributed by atoms with Crippen LogP contribution in [0.1, 0.15) is 5.89 Å². The Hall–Kier alpha value is -1.58. The molecule has 0 aliphatic carbocycles. The molecule has 0 amide bonds. The predicted octanol–water partition coefficient (Wildman–Crippen LogP) is 0.825. The van der Waals surface area contributed by atoms with Gasteiger partial charge in [0.2, 0.25) is 5.58 Å². The molecular weight excluding hydrogens is 144 g/mol. The molecule has 56 valence electrons. The van der Waals surface area contributed by atoms with Crippen molar-refractivity contribution in [3.05, 3.63) is 28.5 Å². The average Bonchev–Trinajstić information content (AvgIpc) is 2.31. The highest BCUT2D eigenvalue weighted by molar-refractivity contribution is 5.70. The van der Waals surface area contributed by atoms with Crippen LogP contribution in [0.2, 0.25) is 0 Å². The summed E-state index contributed by atoms with van der Waals surface area (Å²) in [7, 11) is 0. The molecule has 0 aliphatic heterocycles. The molecule has 0 saturated carbocycles. The number of aromatic amines is 1. The average molecular weight is 150 g/mol. The van der Waals surface area contributed by atoms with Crippen LogP contribution < -0.4 is 5.56 Å². The zero-order valence-corrected chi connectivity index (χ0v) is 5.92. The highest BCUT2D eigenvalue weighted by atomic mass is 16.4. The van der Waals surface area contributed by atoms with Crippen LogP contribution in [-0.4, -0.2) is 9.97 Å². The van der Waals surface area contributed by atoms with Gasteiger partial charge in [0.15, 0.2) is 5.89 Å². The van der Waals surface area contributed by atoms with Gasteiger partial charge in [-0.05, 0) is 6.07 Å². The van der Waals surface area contributed by atoms with E-state index in [0.717, 1.165) is 0 Å². The van der Waals surface area contributed by atoms with Gasteiger partial charge in [-0.25, -0.2) is 4.98 Å². The molecule has 0 fully saturated rings. The Morgan fingerprint density at radius 3 is 3.18 bits per heavy atom. The zero-order chi connectivity index (χ0) is 7.84. The van der Waals surface area contributed by atoms with Gasteiger partial charge in [-0.3, -0.25) is 4.79 Å². The minimum absolute atomic E-state index is 0.233. The summed E-state index contributed by atoms with van der Waals surface area (Å²) in [6.07, 6.45) is 1.55. The molecule has 2 rings (SSSR count). The molecule has 2 heterocycles. The van der Waals surface area contributed by atoms with Crippen molar-refractivity contribution in [3.8, 4) is 0 Å². The van der Waals surface area contributed by atoms with Crippen LogP contribution in [0.4, 0.5) is 0 Å². The van der Waals surface area contributed by atoms with E-state index in [1.54, 1.807) is 19.2 Å². The van der Waals surface area contributed by atoms with E-state index in [1.165, 1.54) is 0 Å². The molecule has 0 radical (unpaired) electrons. The highest BCUT2D eigenvalue weighted by Gasteiger charge is 2.03. The van der Waals surface area contributed by atoms with Crippen molar-refractivity contribution in [1.82, 2.24) is 9.97 Å². The second kappa shape index (κ2) is 1.95. The fourth-order valence-electron chi connectivity index (χ4n) is 0.981. The maximum absolute atomic E-state index is 11.0. The lowest BCUT2D eigenvalue weighted by Crippen LogP contribution is -2.02. The van der Waals surface area contributed by atoms with E-state index in [-0.39, 0.29) is 5.56 Å². The lowest BCUT2D eigenvalue weighted by molar-refractivity contribution is 0.557. The van der Waals surface area contributed by atoms with Crippen LogP contribution in [-0.2, 0) is 0 Å². The summed E-state index contributed by atoms with van der Waals surface area (Å²) in [5, 5.41) is 0. The maximum atomic E-state index is 11.0. The van der Waals surface area contributed by atoms with Gasteiger partial charge in [-0.2, -0.15) is 0 Å². The van der Waals surface area contributed by atoms with Crippen LogP contribution in [0.5, 0.6) is 0 Å². The number of hydrogen-bond acceptors (Lipinski definition) is 3. The molecule has 0 aliphatic rings. The van der Waals surface area contributed by atoms with Crippen molar-refractivity contribution in [2.45, 2.75) is 6.92 Å². The Kier molecular flexibility index (Phi) is 1.09. The van der Waals surface area contributed by atoms with E-state index in [2.05, 4.69) is 9.97 Å². The summed E-state index contributed by atoms with van der Waals surface area (Å²) in [5.41, 5.74) is 0.666. The molecule has 0 bridgehead atoms. The van der Waals surface area contributed by atoms with E-state index in [9.17, 15) is 4.79 Å². The topological polar surface area (TPSA) is 58.9 Å². The largest absolute Gasteiger partial charge is 0.435 e. The molecule has 11 heavy (non-hydrogen) atoms. The molecule has 0 saturated heterocycles. The van der Waals surface area contributed by atoms with Crippen LogP contribution in [0.15, 0.2) is 21.5 Å². The standard InChI is InChI=1S/C7H6N2O2/c1-4-9-5-2-3-8-7(10)6(5)11-4/h2-3H,1H3,(H,8,10). The Labute approximate surface area is 61.9 Å². The molecule has 2 aromatic rings. The summed E-state index contributed by atoms with van der Waals surface area (Å²) in [4.78, 5) is 17.5. The summed E-state index contributed by atoms with van der Waals surface area (Å²) in [6, 6.07) is 1.70. The van der Waals surface area contributed by atoms with Gasteiger partial charge in [-0.15, -0.1) is 0 Å². The summed E-state index contributed by atoms with van der Waals surface area (Å²) in [6.45, 7) is 1.71. The van der Waals surface area contributed by atoms with Crippen molar-refractivity contribution in [2.24, 2.45) is 0 Å². The van der Waals surface area contributed by atoms with E-state index in [0.29, 0.717) is 17.0 Å². The third-order valence-electron chi connectivity index (χ3n) is 1.42. The summed E-state index contributed by atoms with van der Waals surface area (Å²) >= 11 is 0.